The summed E-state index contributed by atoms with van der Waals surface area (Å²) < 4.78 is 10.7. The van der Waals surface area contributed by atoms with Crippen molar-refractivity contribution in [2.45, 2.75) is 25.0 Å². The molecule has 5 N–H and O–H groups in total. The van der Waals surface area contributed by atoms with E-state index in [9.17, 15) is 9.59 Å². The lowest BCUT2D eigenvalue weighted by atomic mass is 10.2. The minimum atomic E-state index is -0.541. The van der Waals surface area contributed by atoms with Gasteiger partial charge >= 0.3 is 0 Å². The van der Waals surface area contributed by atoms with Crippen LogP contribution < -0.4 is 21.5 Å². The molecule has 1 aliphatic heterocycles. The maximum Gasteiger partial charge on any atom is 0.255 e. The highest BCUT2D eigenvalue weighted by Gasteiger charge is 2.29. The van der Waals surface area contributed by atoms with Gasteiger partial charge < -0.3 is 26.3 Å². The topological polar surface area (TPSA) is 117 Å². The van der Waals surface area contributed by atoms with E-state index >= 15 is 0 Å². The number of hydrogen-bond acceptors (Lipinski definition) is 5. The zero-order valence-electron chi connectivity index (χ0n) is 11.6. The molecule has 1 fully saturated rings. The number of rotatable bonds is 6. The molecule has 2 amide bonds. The summed E-state index contributed by atoms with van der Waals surface area (Å²) in [5.41, 5.74) is 11.1. The summed E-state index contributed by atoms with van der Waals surface area (Å²) in [6.07, 6.45) is 0.983. The fourth-order valence-corrected chi connectivity index (χ4v) is 2.08. The van der Waals surface area contributed by atoms with E-state index in [1.54, 1.807) is 24.3 Å². The number of primary amides is 1. The third-order valence-corrected chi connectivity index (χ3v) is 3.17. The average Bonchev–Trinajstić information content (AvgIpc) is 2.95. The van der Waals surface area contributed by atoms with Gasteiger partial charge in [0, 0.05) is 12.2 Å². The molecule has 0 aliphatic carbocycles. The Labute approximate surface area is 122 Å². The first-order valence-corrected chi connectivity index (χ1v) is 6.76. The molecular weight excluding hydrogens is 274 g/mol. The highest BCUT2D eigenvalue weighted by molar-refractivity contribution is 5.94. The van der Waals surface area contributed by atoms with Gasteiger partial charge in [-0.2, -0.15) is 0 Å². The molecule has 0 bridgehead atoms. The Kier molecular flexibility index (Phi) is 5.13. The standard InChI is InChI=1S/C14H19N3O4/c15-7-11-5-6-12(21-11)14(19)17-9-1-3-10(4-2-9)20-8-13(16)18/h1-4,11-12H,5-8,15H2,(H2,16,18)(H,17,19)/t11-,12+/m1/s1. The van der Waals surface area contributed by atoms with Gasteiger partial charge in [-0.25, -0.2) is 0 Å². The first kappa shape index (κ1) is 15.3. The van der Waals surface area contributed by atoms with Crippen LogP contribution in [0.5, 0.6) is 5.75 Å². The van der Waals surface area contributed by atoms with Crippen LogP contribution in [-0.2, 0) is 14.3 Å². The summed E-state index contributed by atoms with van der Waals surface area (Å²) in [6.45, 7) is 0.248. The van der Waals surface area contributed by atoms with Crippen LogP contribution in [0.4, 0.5) is 5.69 Å². The van der Waals surface area contributed by atoms with Crippen molar-refractivity contribution in [3.8, 4) is 5.75 Å². The van der Waals surface area contributed by atoms with Crippen LogP contribution in [-0.4, -0.2) is 37.2 Å². The molecule has 1 aromatic carbocycles. The van der Waals surface area contributed by atoms with Crippen LogP contribution in [0.3, 0.4) is 0 Å². The first-order chi connectivity index (χ1) is 10.1. The number of carbonyl (C=O) groups is 2. The maximum atomic E-state index is 12.0. The van der Waals surface area contributed by atoms with Crippen molar-refractivity contribution in [2.75, 3.05) is 18.5 Å². The van der Waals surface area contributed by atoms with E-state index in [-0.39, 0.29) is 18.6 Å². The molecule has 1 aromatic rings. The molecule has 1 aliphatic rings. The lowest BCUT2D eigenvalue weighted by Crippen LogP contribution is -2.29. The number of nitrogens with one attached hydrogen (secondary N) is 1. The van der Waals surface area contributed by atoms with Crippen LogP contribution in [0.1, 0.15) is 12.8 Å². The third kappa shape index (κ3) is 4.44. The normalized spacial score (nSPS) is 21.0. The van der Waals surface area contributed by atoms with Crippen molar-refractivity contribution in [3.05, 3.63) is 24.3 Å². The second kappa shape index (κ2) is 7.05. The Morgan fingerprint density at radius 1 is 1.29 bits per heavy atom. The van der Waals surface area contributed by atoms with E-state index < -0.39 is 12.0 Å². The van der Waals surface area contributed by atoms with Crippen LogP contribution >= 0.6 is 0 Å². The predicted molar refractivity (Wildman–Crippen MR) is 76.7 cm³/mol. The monoisotopic (exact) mass is 293 g/mol. The van der Waals surface area contributed by atoms with E-state index in [0.717, 1.165) is 6.42 Å². The fourth-order valence-electron chi connectivity index (χ4n) is 2.08. The van der Waals surface area contributed by atoms with Crippen LogP contribution in [0, 0.1) is 0 Å². The van der Waals surface area contributed by atoms with Gasteiger partial charge in [0.15, 0.2) is 6.61 Å². The molecule has 0 saturated carbocycles. The number of nitrogens with two attached hydrogens (primary N) is 2. The van der Waals surface area contributed by atoms with Gasteiger partial charge in [-0.15, -0.1) is 0 Å². The van der Waals surface area contributed by atoms with E-state index in [0.29, 0.717) is 24.4 Å². The lowest BCUT2D eigenvalue weighted by molar-refractivity contribution is -0.126. The summed E-state index contributed by atoms with van der Waals surface area (Å²) in [5, 5.41) is 2.77. The smallest absolute Gasteiger partial charge is 0.255 e. The zero-order valence-corrected chi connectivity index (χ0v) is 11.6. The van der Waals surface area contributed by atoms with Crippen molar-refractivity contribution < 1.29 is 19.1 Å². The van der Waals surface area contributed by atoms with E-state index in [4.69, 9.17) is 20.9 Å². The van der Waals surface area contributed by atoms with Gasteiger partial charge in [-0.1, -0.05) is 0 Å². The zero-order chi connectivity index (χ0) is 15.2. The first-order valence-electron chi connectivity index (χ1n) is 6.76. The Morgan fingerprint density at radius 3 is 2.57 bits per heavy atom. The summed E-state index contributed by atoms with van der Waals surface area (Å²) in [7, 11) is 0. The lowest BCUT2D eigenvalue weighted by Gasteiger charge is -2.13. The number of amides is 2. The molecule has 1 heterocycles. The van der Waals surface area contributed by atoms with Crippen molar-refractivity contribution in [3.63, 3.8) is 0 Å². The average molecular weight is 293 g/mol. The van der Waals surface area contributed by atoms with E-state index in [2.05, 4.69) is 5.32 Å². The maximum absolute atomic E-state index is 12.0. The number of benzene rings is 1. The van der Waals surface area contributed by atoms with Crippen molar-refractivity contribution >= 4 is 17.5 Å². The molecule has 0 unspecified atom stereocenters. The predicted octanol–water partition coefficient (Wildman–Crippen LogP) is -0.00450. The molecule has 0 aromatic heterocycles. The SMILES string of the molecule is NC[C@H]1CC[C@@H](C(=O)Nc2ccc(OCC(N)=O)cc2)O1. The fraction of sp³-hybridized carbons (Fsp3) is 0.429. The van der Waals surface area contributed by atoms with Crippen molar-refractivity contribution in [2.24, 2.45) is 11.5 Å². The quantitative estimate of drug-likeness (QED) is 0.682. The molecule has 7 heteroatoms. The Hall–Kier alpha value is -2.12. The molecular formula is C14H19N3O4. The second-order valence-corrected chi connectivity index (χ2v) is 4.83. The summed E-state index contributed by atoms with van der Waals surface area (Å²) in [4.78, 5) is 22.6. The molecule has 21 heavy (non-hydrogen) atoms. The molecule has 7 nitrogen and oxygen atoms in total. The summed E-state index contributed by atoms with van der Waals surface area (Å²) in [6, 6.07) is 6.67. The number of hydrogen-bond donors (Lipinski definition) is 3. The highest BCUT2D eigenvalue weighted by atomic mass is 16.5. The Bertz CT molecular complexity index is 503. The van der Waals surface area contributed by atoms with Gasteiger partial charge in [-0.05, 0) is 37.1 Å². The molecule has 2 rings (SSSR count). The molecule has 0 spiro atoms. The van der Waals surface area contributed by atoms with Gasteiger partial charge in [0.05, 0.1) is 6.10 Å². The minimum Gasteiger partial charge on any atom is -0.484 e. The summed E-state index contributed by atoms with van der Waals surface area (Å²) >= 11 is 0. The van der Waals surface area contributed by atoms with Crippen LogP contribution in [0.2, 0.25) is 0 Å². The van der Waals surface area contributed by atoms with Crippen LogP contribution in [0.15, 0.2) is 24.3 Å². The van der Waals surface area contributed by atoms with Gasteiger partial charge in [-0.3, -0.25) is 9.59 Å². The minimum absolute atomic E-state index is 0.0367. The van der Waals surface area contributed by atoms with Crippen molar-refractivity contribution in [1.82, 2.24) is 0 Å². The molecule has 114 valence electrons. The highest BCUT2D eigenvalue weighted by Crippen LogP contribution is 2.21. The number of anilines is 1. The van der Waals surface area contributed by atoms with Gasteiger partial charge in [0.1, 0.15) is 11.9 Å². The molecule has 0 radical (unpaired) electrons. The molecule has 1 saturated heterocycles. The Balaban J connectivity index is 1.85. The van der Waals surface area contributed by atoms with E-state index in [1.807, 2.05) is 0 Å². The number of ether oxygens (including phenoxy) is 2. The van der Waals surface area contributed by atoms with E-state index in [1.165, 1.54) is 0 Å². The third-order valence-electron chi connectivity index (χ3n) is 3.17. The Morgan fingerprint density at radius 2 is 2.00 bits per heavy atom. The second-order valence-electron chi connectivity index (χ2n) is 4.83. The summed E-state index contributed by atoms with van der Waals surface area (Å²) in [5.74, 6) is -0.218. The van der Waals surface area contributed by atoms with Crippen molar-refractivity contribution in [1.29, 1.82) is 0 Å². The van der Waals surface area contributed by atoms with Gasteiger partial charge in [0.25, 0.3) is 11.8 Å². The van der Waals surface area contributed by atoms with Gasteiger partial charge in [0.2, 0.25) is 0 Å². The number of carbonyl (C=O) groups excluding carboxylic acids is 2. The van der Waals surface area contributed by atoms with Crippen LogP contribution in [0.25, 0.3) is 0 Å². The molecule has 2 atom stereocenters. The largest absolute Gasteiger partial charge is 0.484 e.